The lowest BCUT2D eigenvalue weighted by molar-refractivity contribution is 0.0949. The van der Waals surface area contributed by atoms with Crippen LogP contribution in [0.4, 0.5) is 0 Å². The van der Waals surface area contributed by atoms with Crippen molar-refractivity contribution in [3.63, 3.8) is 0 Å². The Morgan fingerprint density at radius 1 is 1.30 bits per heavy atom. The van der Waals surface area contributed by atoms with Crippen molar-refractivity contribution in [1.29, 1.82) is 0 Å². The van der Waals surface area contributed by atoms with Crippen molar-refractivity contribution in [2.24, 2.45) is 0 Å². The van der Waals surface area contributed by atoms with Crippen molar-refractivity contribution in [2.45, 2.75) is 12.8 Å². The van der Waals surface area contributed by atoms with Crippen LogP contribution >= 0.6 is 0 Å². The van der Waals surface area contributed by atoms with Gasteiger partial charge in [0.1, 0.15) is 11.4 Å². The summed E-state index contributed by atoms with van der Waals surface area (Å²) in [7, 11) is 1.62. The third-order valence-corrected chi connectivity index (χ3v) is 4.09. The predicted octanol–water partition coefficient (Wildman–Crippen LogP) is 1.71. The van der Waals surface area contributed by atoms with Crippen LogP contribution in [0.15, 0.2) is 36.7 Å². The highest BCUT2D eigenvalue weighted by Crippen LogP contribution is 2.21. The molecule has 1 amide bonds. The summed E-state index contributed by atoms with van der Waals surface area (Å²) >= 11 is 0. The molecular formula is C17H22N4O2. The summed E-state index contributed by atoms with van der Waals surface area (Å²) in [5.41, 5.74) is 1.36. The zero-order valence-corrected chi connectivity index (χ0v) is 13.4. The van der Waals surface area contributed by atoms with Gasteiger partial charge in [0.25, 0.3) is 5.91 Å². The number of amides is 1. The standard InChI is InChI=1S/C17H22N4O2/c1-23-16-7-3-2-6-15(16)21-13-14(12-19-21)17(22)18-8-11-20-9-4-5-10-20/h2-3,6-7,12-13H,4-5,8-11H2,1H3,(H,18,22). The maximum atomic E-state index is 12.2. The smallest absolute Gasteiger partial charge is 0.254 e. The normalized spacial score (nSPS) is 14.8. The van der Waals surface area contributed by atoms with Crippen LogP contribution in [0.3, 0.4) is 0 Å². The zero-order valence-electron chi connectivity index (χ0n) is 13.4. The van der Waals surface area contributed by atoms with E-state index < -0.39 is 0 Å². The lowest BCUT2D eigenvalue weighted by Crippen LogP contribution is -2.33. The van der Waals surface area contributed by atoms with Gasteiger partial charge >= 0.3 is 0 Å². The number of nitrogens with zero attached hydrogens (tertiary/aromatic N) is 3. The number of nitrogens with one attached hydrogen (secondary N) is 1. The highest BCUT2D eigenvalue weighted by atomic mass is 16.5. The molecule has 1 saturated heterocycles. The van der Waals surface area contributed by atoms with Crippen LogP contribution in [0.5, 0.6) is 5.75 Å². The molecule has 1 aliphatic heterocycles. The van der Waals surface area contributed by atoms with E-state index in [0.717, 1.165) is 31.1 Å². The van der Waals surface area contributed by atoms with E-state index in [1.807, 2.05) is 24.3 Å². The molecular weight excluding hydrogens is 292 g/mol. The average molecular weight is 314 g/mol. The van der Waals surface area contributed by atoms with Crippen molar-refractivity contribution >= 4 is 5.91 Å². The number of likely N-dealkylation sites (tertiary alicyclic amines) is 1. The van der Waals surface area contributed by atoms with Crippen molar-refractivity contribution < 1.29 is 9.53 Å². The minimum absolute atomic E-state index is 0.0923. The van der Waals surface area contributed by atoms with E-state index in [2.05, 4.69) is 15.3 Å². The molecule has 0 atom stereocenters. The Balaban J connectivity index is 1.60. The highest BCUT2D eigenvalue weighted by Gasteiger charge is 2.13. The maximum Gasteiger partial charge on any atom is 0.254 e. The second-order valence-electron chi connectivity index (χ2n) is 5.65. The molecule has 0 bridgehead atoms. The fraction of sp³-hybridized carbons (Fsp3) is 0.412. The Kier molecular flexibility index (Phi) is 4.92. The first-order valence-electron chi connectivity index (χ1n) is 7.96. The van der Waals surface area contributed by atoms with Crippen molar-refractivity contribution in [3.05, 3.63) is 42.2 Å². The molecule has 1 N–H and O–H groups in total. The third-order valence-electron chi connectivity index (χ3n) is 4.09. The van der Waals surface area contributed by atoms with Gasteiger partial charge < -0.3 is 15.0 Å². The Morgan fingerprint density at radius 3 is 2.87 bits per heavy atom. The predicted molar refractivity (Wildman–Crippen MR) is 88.1 cm³/mol. The number of ether oxygens (including phenoxy) is 1. The lowest BCUT2D eigenvalue weighted by Gasteiger charge is -2.14. The molecule has 2 heterocycles. The van der Waals surface area contributed by atoms with E-state index >= 15 is 0 Å². The van der Waals surface area contributed by atoms with Gasteiger partial charge in [-0.2, -0.15) is 5.10 Å². The highest BCUT2D eigenvalue weighted by molar-refractivity contribution is 5.93. The molecule has 23 heavy (non-hydrogen) atoms. The van der Waals surface area contributed by atoms with Crippen molar-refractivity contribution in [3.8, 4) is 11.4 Å². The Labute approximate surface area is 136 Å². The number of hydrogen-bond acceptors (Lipinski definition) is 4. The molecule has 6 heteroatoms. The van der Waals surface area contributed by atoms with Gasteiger partial charge in [0.15, 0.2) is 0 Å². The first-order chi connectivity index (χ1) is 11.3. The second kappa shape index (κ2) is 7.28. The van der Waals surface area contributed by atoms with Gasteiger partial charge in [-0.15, -0.1) is 0 Å². The molecule has 0 spiro atoms. The van der Waals surface area contributed by atoms with E-state index in [4.69, 9.17) is 4.74 Å². The van der Waals surface area contributed by atoms with E-state index in [1.54, 1.807) is 24.2 Å². The molecule has 3 rings (SSSR count). The number of benzene rings is 1. The number of carbonyl (C=O) groups is 1. The van der Waals surface area contributed by atoms with Gasteiger partial charge in [-0.25, -0.2) is 4.68 Å². The van der Waals surface area contributed by atoms with Crippen LogP contribution in [0.1, 0.15) is 23.2 Å². The summed E-state index contributed by atoms with van der Waals surface area (Å²) in [6, 6.07) is 7.58. The average Bonchev–Trinajstić information content (AvgIpc) is 3.26. The van der Waals surface area contributed by atoms with E-state index in [9.17, 15) is 4.79 Å². The molecule has 0 aliphatic carbocycles. The molecule has 1 aliphatic rings. The van der Waals surface area contributed by atoms with Gasteiger partial charge in [0.05, 0.1) is 18.9 Å². The zero-order chi connectivity index (χ0) is 16.1. The number of rotatable bonds is 6. The van der Waals surface area contributed by atoms with Gasteiger partial charge in [-0.3, -0.25) is 4.79 Å². The van der Waals surface area contributed by atoms with E-state index in [1.165, 1.54) is 12.8 Å². The number of hydrogen-bond donors (Lipinski definition) is 1. The van der Waals surface area contributed by atoms with Crippen LogP contribution in [0, 0.1) is 0 Å². The van der Waals surface area contributed by atoms with E-state index in [-0.39, 0.29) is 5.91 Å². The largest absolute Gasteiger partial charge is 0.494 e. The van der Waals surface area contributed by atoms with Crippen LogP contribution in [0.2, 0.25) is 0 Å². The summed E-state index contributed by atoms with van der Waals surface area (Å²) in [5.74, 6) is 0.627. The molecule has 0 saturated carbocycles. The van der Waals surface area contributed by atoms with Gasteiger partial charge in [-0.05, 0) is 38.1 Å². The third kappa shape index (κ3) is 3.71. The Morgan fingerprint density at radius 2 is 2.09 bits per heavy atom. The summed E-state index contributed by atoms with van der Waals surface area (Å²) in [5, 5.41) is 7.22. The monoisotopic (exact) mass is 314 g/mol. The molecule has 0 radical (unpaired) electrons. The molecule has 6 nitrogen and oxygen atoms in total. The first kappa shape index (κ1) is 15.6. The van der Waals surface area contributed by atoms with Crippen molar-refractivity contribution in [1.82, 2.24) is 20.0 Å². The lowest BCUT2D eigenvalue weighted by atomic mass is 10.3. The Hall–Kier alpha value is -2.34. The quantitative estimate of drug-likeness (QED) is 0.882. The number of carbonyl (C=O) groups excluding carboxylic acids is 1. The first-order valence-corrected chi connectivity index (χ1v) is 7.96. The summed E-state index contributed by atoms with van der Waals surface area (Å²) in [4.78, 5) is 14.6. The molecule has 1 aromatic heterocycles. The fourth-order valence-corrected chi connectivity index (χ4v) is 2.83. The van der Waals surface area contributed by atoms with Gasteiger partial charge in [0.2, 0.25) is 0 Å². The van der Waals surface area contributed by atoms with Crippen LogP contribution in [-0.4, -0.2) is 53.9 Å². The van der Waals surface area contributed by atoms with Crippen LogP contribution in [-0.2, 0) is 0 Å². The topological polar surface area (TPSA) is 59.4 Å². The molecule has 122 valence electrons. The van der Waals surface area contributed by atoms with Crippen LogP contribution in [0.25, 0.3) is 5.69 Å². The Bertz CT molecular complexity index is 662. The molecule has 0 unspecified atom stereocenters. The number of para-hydroxylation sites is 2. The number of aromatic nitrogens is 2. The van der Waals surface area contributed by atoms with Gasteiger partial charge in [-0.1, -0.05) is 12.1 Å². The minimum atomic E-state index is -0.0923. The SMILES string of the molecule is COc1ccccc1-n1cc(C(=O)NCCN2CCCC2)cn1. The molecule has 1 fully saturated rings. The summed E-state index contributed by atoms with van der Waals surface area (Å²) < 4.78 is 6.99. The van der Waals surface area contributed by atoms with Gasteiger partial charge in [0, 0.05) is 19.3 Å². The van der Waals surface area contributed by atoms with Crippen molar-refractivity contribution in [2.75, 3.05) is 33.3 Å². The minimum Gasteiger partial charge on any atom is -0.494 e. The number of methoxy groups -OCH3 is 1. The summed E-state index contributed by atoms with van der Waals surface area (Å²) in [6.45, 7) is 3.86. The maximum absolute atomic E-state index is 12.2. The molecule has 1 aromatic carbocycles. The van der Waals surface area contributed by atoms with Crippen LogP contribution < -0.4 is 10.1 Å². The summed E-state index contributed by atoms with van der Waals surface area (Å²) in [6.07, 6.45) is 5.83. The molecule has 2 aromatic rings. The fourth-order valence-electron chi connectivity index (χ4n) is 2.83. The second-order valence-corrected chi connectivity index (χ2v) is 5.65. The van der Waals surface area contributed by atoms with E-state index in [0.29, 0.717) is 12.1 Å².